The highest BCUT2D eigenvalue weighted by atomic mass is 35.5. The smallest absolute Gasteiger partial charge is 0.274 e. The van der Waals surface area contributed by atoms with Gasteiger partial charge in [0, 0.05) is 25.2 Å². The molecule has 1 saturated heterocycles. The van der Waals surface area contributed by atoms with Crippen LogP contribution in [0.4, 0.5) is 0 Å². The van der Waals surface area contributed by atoms with Crippen molar-refractivity contribution in [3.8, 4) is 5.69 Å². The van der Waals surface area contributed by atoms with E-state index in [-0.39, 0.29) is 41.7 Å². The average Bonchev–Trinajstić information content (AvgIpc) is 3.07. The van der Waals surface area contributed by atoms with E-state index in [4.69, 9.17) is 11.5 Å². The standard InChI is InChI=1S/C18H23N5O2.ClH/c1-12(19)13-6-5-9-22(11-13)18(25)15-10-16(17(20)24)23(21-15)14-7-3-2-4-8-14;/h2-4,7-8,10,12-13H,5-6,9,11,19H2,1H3,(H2,20,24);1H. The van der Waals surface area contributed by atoms with E-state index >= 15 is 0 Å². The molecule has 2 heterocycles. The van der Waals surface area contributed by atoms with E-state index in [1.165, 1.54) is 10.7 Å². The van der Waals surface area contributed by atoms with E-state index in [9.17, 15) is 9.59 Å². The van der Waals surface area contributed by atoms with Crippen molar-refractivity contribution in [3.05, 3.63) is 47.8 Å². The number of nitrogens with zero attached hydrogens (tertiary/aromatic N) is 3. The summed E-state index contributed by atoms with van der Waals surface area (Å²) in [6, 6.07) is 10.7. The molecule has 1 aliphatic heterocycles. The van der Waals surface area contributed by atoms with E-state index < -0.39 is 5.91 Å². The second-order valence-electron chi connectivity index (χ2n) is 6.54. The molecule has 8 heteroatoms. The first-order valence-electron chi connectivity index (χ1n) is 8.47. The molecule has 0 aliphatic carbocycles. The SMILES string of the molecule is CC(N)C1CCCN(C(=O)c2cc(C(N)=O)n(-c3ccccc3)n2)C1.Cl. The lowest BCUT2D eigenvalue weighted by Gasteiger charge is -2.34. The molecule has 2 amide bonds. The summed E-state index contributed by atoms with van der Waals surface area (Å²) < 4.78 is 1.42. The normalized spacial score (nSPS) is 18.1. The highest BCUT2D eigenvalue weighted by molar-refractivity contribution is 5.97. The van der Waals surface area contributed by atoms with Crippen LogP contribution in [-0.4, -0.2) is 45.6 Å². The molecule has 0 bridgehead atoms. The van der Waals surface area contributed by atoms with Gasteiger partial charge in [-0.3, -0.25) is 9.59 Å². The minimum absolute atomic E-state index is 0. The van der Waals surface area contributed by atoms with Crippen molar-refractivity contribution >= 4 is 24.2 Å². The molecule has 3 rings (SSSR count). The largest absolute Gasteiger partial charge is 0.364 e. The van der Waals surface area contributed by atoms with Crippen molar-refractivity contribution < 1.29 is 9.59 Å². The van der Waals surface area contributed by atoms with Crippen molar-refractivity contribution in [1.82, 2.24) is 14.7 Å². The second kappa shape index (κ2) is 8.33. The molecule has 1 aliphatic rings. The summed E-state index contributed by atoms with van der Waals surface area (Å²) in [4.78, 5) is 26.4. The van der Waals surface area contributed by atoms with Crippen molar-refractivity contribution in [2.45, 2.75) is 25.8 Å². The zero-order chi connectivity index (χ0) is 18.0. The number of rotatable bonds is 4. The fourth-order valence-corrected chi connectivity index (χ4v) is 3.21. The number of carbonyl (C=O) groups is 2. The first-order valence-corrected chi connectivity index (χ1v) is 8.47. The lowest BCUT2D eigenvalue weighted by Crippen LogP contribution is -2.45. The number of halogens is 1. The van der Waals surface area contributed by atoms with E-state index in [0.717, 1.165) is 12.8 Å². The molecule has 2 atom stereocenters. The Morgan fingerprint density at radius 2 is 1.96 bits per heavy atom. The predicted octanol–water partition coefficient (Wildman–Crippen LogP) is 1.59. The monoisotopic (exact) mass is 377 g/mol. The van der Waals surface area contributed by atoms with Gasteiger partial charge >= 0.3 is 0 Å². The zero-order valence-electron chi connectivity index (χ0n) is 14.7. The average molecular weight is 378 g/mol. The van der Waals surface area contributed by atoms with Gasteiger partial charge in [-0.2, -0.15) is 5.10 Å². The maximum absolute atomic E-state index is 12.8. The highest BCUT2D eigenvalue weighted by Gasteiger charge is 2.29. The van der Waals surface area contributed by atoms with Crippen LogP contribution in [0, 0.1) is 5.92 Å². The molecule has 2 unspecified atom stereocenters. The summed E-state index contributed by atoms with van der Waals surface area (Å²) in [5, 5.41) is 4.34. The maximum Gasteiger partial charge on any atom is 0.274 e. The number of hydrogen-bond acceptors (Lipinski definition) is 4. The fourth-order valence-electron chi connectivity index (χ4n) is 3.21. The Labute approximate surface area is 158 Å². The van der Waals surface area contributed by atoms with E-state index in [0.29, 0.717) is 18.8 Å². The van der Waals surface area contributed by atoms with Gasteiger partial charge in [-0.1, -0.05) is 18.2 Å². The van der Waals surface area contributed by atoms with Crippen LogP contribution in [0.25, 0.3) is 5.69 Å². The summed E-state index contributed by atoms with van der Waals surface area (Å²) >= 11 is 0. The maximum atomic E-state index is 12.8. The van der Waals surface area contributed by atoms with Gasteiger partial charge in [0.25, 0.3) is 11.8 Å². The molecule has 1 fully saturated rings. The van der Waals surface area contributed by atoms with Gasteiger partial charge in [-0.05, 0) is 37.8 Å². The Kier molecular flexibility index (Phi) is 6.39. The topological polar surface area (TPSA) is 107 Å². The number of hydrogen-bond donors (Lipinski definition) is 2. The molecule has 7 nitrogen and oxygen atoms in total. The van der Waals surface area contributed by atoms with Crippen molar-refractivity contribution in [2.24, 2.45) is 17.4 Å². The second-order valence-corrected chi connectivity index (χ2v) is 6.54. The van der Waals surface area contributed by atoms with Crippen LogP contribution in [0.2, 0.25) is 0 Å². The lowest BCUT2D eigenvalue weighted by molar-refractivity contribution is 0.0654. The van der Waals surface area contributed by atoms with Crippen LogP contribution in [0.1, 0.15) is 40.7 Å². The van der Waals surface area contributed by atoms with Crippen LogP contribution in [0.3, 0.4) is 0 Å². The first-order chi connectivity index (χ1) is 12.0. The molecular formula is C18H24ClN5O2. The molecule has 26 heavy (non-hydrogen) atoms. The molecule has 1 aromatic carbocycles. The van der Waals surface area contributed by atoms with Gasteiger partial charge in [0.2, 0.25) is 0 Å². The summed E-state index contributed by atoms with van der Waals surface area (Å²) in [5.41, 5.74) is 12.6. The van der Waals surface area contributed by atoms with Gasteiger partial charge < -0.3 is 16.4 Å². The number of carbonyl (C=O) groups excluding carboxylic acids is 2. The number of piperidine rings is 1. The number of para-hydroxylation sites is 1. The third-order valence-electron chi connectivity index (χ3n) is 4.67. The van der Waals surface area contributed by atoms with Crippen LogP contribution in [0.5, 0.6) is 0 Å². The number of nitrogens with two attached hydrogens (primary N) is 2. The third-order valence-corrected chi connectivity index (χ3v) is 4.67. The van der Waals surface area contributed by atoms with Crippen LogP contribution in [0.15, 0.2) is 36.4 Å². The number of primary amides is 1. The minimum Gasteiger partial charge on any atom is -0.364 e. The van der Waals surface area contributed by atoms with E-state index in [1.807, 2.05) is 25.1 Å². The Bertz CT molecular complexity index is 775. The van der Waals surface area contributed by atoms with Crippen LogP contribution < -0.4 is 11.5 Å². The summed E-state index contributed by atoms with van der Waals surface area (Å²) in [5.74, 6) is -0.533. The molecule has 4 N–H and O–H groups in total. The van der Waals surface area contributed by atoms with Crippen molar-refractivity contribution in [3.63, 3.8) is 0 Å². The predicted molar refractivity (Wildman–Crippen MR) is 102 cm³/mol. The molecule has 0 radical (unpaired) electrons. The summed E-state index contributed by atoms with van der Waals surface area (Å²) in [7, 11) is 0. The molecular weight excluding hydrogens is 354 g/mol. The first kappa shape index (κ1) is 19.9. The van der Waals surface area contributed by atoms with Gasteiger partial charge in [0.15, 0.2) is 5.69 Å². The number of likely N-dealkylation sites (tertiary alicyclic amines) is 1. The van der Waals surface area contributed by atoms with E-state index in [2.05, 4.69) is 5.10 Å². The lowest BCUT2D eigenvalue weighted by atomic mass is 9.92. The van der Waals surface area contributed by atoms with Gasteiger partial charge in [-0.25, -0.2) is 4.68 Å². The Balaban J connectivity index is 0.00000243. The van der Waals surface area contributed by atoms with Gasteiger partial charge in [-0.15, -0.1) is 12.4 Å². The van der Waals surface area contributed by atoms with Crippen LogP contribution >= 0.6 is 12.4 Å². The Morgan fingerprint density at radius 1 is 1.27 bits per heavy atom. The quantitative estimate of drug-likeness (QED) is 0.843. The minimum atomic E-state index is -0.623. The van der Waals surface area contributed by atoms with Crippen molar-refractivity contribution in [2.75, 3.05) is 13.1 Å². The Hall–Kier alpha value is -2.38. The molecule has 140 valence electrons. The molecule has 0 saturated carbocycles. The van der Waals surface area contributed by atoms with E-state index in [1.54, 1.807) is 17.0 Å². The third kappa shape index (κ3) is 4.05. The highest BCUT2D eigenvalue weighted by Crippen LogP contribution is 2.21. The number of amides is 2. The summed E-state index contributed by atoms with van der Waals surface area (Å²) in [6.07, 6.45) is 1.94. The number of benzene rings is 1. The van der Waals surface area contributed by atoms with Crippen molar-refractivity contribution in [1.29, 1.82) is 0 Å². The Morgan fingerprint density at radius 3 is 2.58 bits per heavy atom. The zero-order valence-corrected chi connectivity index (χ0v) is 15.5. The summed E-state index contributed by atoms with van der Waals surface area (Å²) in [6.45, 7) is 3.25. The van der Waals surface area contributed by atoms with Gasteiger partial charge in [0.1, 0.15) is 5.69 Å². The van der Waals surface area contributed by atoms with Gasteiger partial charge in [0.05, 0.1) is 5.69 Å². The fraction of sp³-hybridized carbons (Fsp3) is 0.389. The molecule has 0 spiro atoms. The van der Waals surface area contributed by atoms with Crippen LogP contribution in [-0.2, 0) is 0 Å². The number of aromatic nitrogens is 2. The molecule has 1 aromatic heterocycles. The molecule has 2 aromatic rings.